The van der Waals surface area contributed by atoms with Crippen molar-refractivity contribution in [2.24, 2.45) is 10.9 Å². The minimum absolute atomic E-state index is 0.0321. The summed E-state index contributed by atoms with van der Waals surface area (Å²) in [6, 6.07) is 21.1. The summed E-state index contributed by atoms with van der Waals surface area (Å²) in [7, 11) is 1.75. The molecule has 1 saturated carbocycles. The van der Waals surface area contributed by atoms with Crippen LogP contribution in [-0.2, 0) is 11.2 Å². The van der Waals surface area contributed by atoms with Crippen LogP contribution in [0.1, 0.15) is 57.6 Å². The van der Waals surface area contributed by atoms with Crippen molar-refractivity contribution in [3.63, 3.8) is 0 Å². The highest BCUT2D eigenvalue weighted by molar-refractivity contribution is 8.07. The first-order chi connectivity index (χ1) is 16.9. The monoisotopic (exact) mass is 488 g/mol. The molecule has 0 heterocycles. The van der Waals surface area contributed by atoms with Gasteiger partial charge in [0.2, 0.25) is 0 Å². The van der Waals surface area contributed by atoms with Crippen LogP contribution in [0.5, 0.6) is 0 Å². The summed E-state index contributed by atoms with van der Waals surface area (Å²) in [5, 5.41) is 3.33. The summed E-state index contributed by atoms with van der Waals surface area (Å²) in [5.74, 6) is 0.664. The van der Waals surface area contributed by atoms with Crippen molar-refractivity contribution < 1.29 is 4.79 Å². The Labute approximate surface area is 216 Å². The second-order valence-corrected chi connectivity index (χ2v) is 10.3. The summed E-state index contributed by atoms with van der Waals surface area (Å²) in [6.45, 7) is 9.95. The van der Waals surface area contributed by atoms with Gasteiger partial charge < -0.3 is 5.32 Å². The number of hydrogen-bond donors (Lipinski definition) is 1. The zero-order valence-electron chi connectivity index (χ0n) is 21.7. The third kappa shape index (κ3) is 10.5. The van der Waals surface area contributed by atoms with Crippen molar-refractivity contribution in [1.29, 1.82) is 0 Å². The van der Waals surface area contributed by atoms with E-state index in [9.17, 15) is 4.79 Å². The van der Waals surface area contributed by atoms with Gasteiger partial charge in [-0.25, -0.2) is 0 Å². The quantitative estimate of drug-likeness (QED) is 0.303. The SMILES string of the molecule is C/C=C\C=NC.C=C(C)S/C(C(=O)NC1CCCC(Cc2ccccc2)C1)=C(\C)c1ccccc1. The van der Waals surface area contributed by atoms with E-state index in [1.165, 1.54) is 30.2 Å². The predicted octanol–water partition coefficient (Wildman–Crippen LogP) is 7.87. The second kappa shape index (κ2) is 15.9. The van der Waals surface area contributed by atoms with Crippen molar-refractivity contribution in [3.8, 4) is 0 Å². The average Bonchev–Trinajstić information content (AvgIpc) is 2.87. The molecule has 186 valence electrons. The van der Waals surface area contributed by atoms with Crippen molar-refractivity contribution in [3.05, 3.63) is 100 Å². The van der Waals surface area contributed by atoms with Crippen LogP contribution in [0.3, 0.4) is 0 Å². The molecule has 0 aliphatic heterocycles. The first-order valence-electron chi connectivity index (χ1n) is 12.4. The van der Waals surface area contributed by atoms with Crippen molar-refractivity contribution >= 4 is 29.5 Å². The number of amides is 1. The lowest BCUT2D eigenvalue weighted by atomic mass is 9.82. The van der Waals surface area contributed by atoms with Gasteiger partial charge in [-0.3, -0.25) is 9.79 Å². The van der Waals surface area contributed by atoms with E-state index in [2.05, 4.69) is 59.4 Å². The van der Waals surface area contributed by atoms with E-state index in [4.69, 9.17) is 0 Å². The van der Waals surface area contributed by atoms with Gasteiger partial charge in [-0.05, 0) is 80.1 Å². The average molecular weight is 489 g/mol. The third-order valence-corrected chi connectivity index (χ3v) is 6.99. The Hall–Kier alpha value is -2.85. The van der Waals surface area contributed by atoms with Crippen molar-refractivity contribution in [1.82, 2.24) is 5.32 Å². The molecular weight excluding hydrogens is 448 g/mol. The molecule has 4 heteroatoms. The molecule has 0 bridgehead atoms. The highest BCUT2D eigenvalue weighted by atomic mass is 32.2. The number of allylic oxidation sites excluding steroid dienone is 4. The lowest BCUT2D eigenvalue weighted by Crippen LogP contribution is -2.39. The molecule has 0 radical (unpaired) electrons. The molecule has 1 aliphatic carbocycles. The number of nitrogens with zero attached hydrogens (tertiary/aromatic N) is 1. The maximum atomic E-state index is 13.2. The molecular formula is C31H40N2OS. The molecule has 0 spiro atoms. The zero-order valence-corrected chi connectivity index (χ0v) is 22.5. The van der Waals surface area contributed by atoms with E-state index in [0.717, 1.165) is 40.2 Å². The van der Waals surface area contributed by atoms with Crippen LogP contribution < -0.4 is 5.32 Å². The summed E-state index contributed by atoms with van der Waals surface area (Å²) < 4.78 is 0. The Morgan fingerprint density at radius 2 is 1.74 bits per heavy atom. The number of carbonyl (C=O) groups excluding carboxylic acids is 1. The van der Waals surface area contributed by atoms with E-state index < -0.39 is 0 Å². The minimum Gasteiger partial charge on any atom is -0.349 e. The Morgan fingerprint density at radius 1 is 1.09 bits per heavy atom. The summed E-state index contributed by atoms with van der Waals surface area (Å²) in [4.78, 5) is 18.6. The van der Waals surface area contributed by atoms with E-state index in [1.807, 2.05) is 51.1 Å². The Balaban J connectivity index is 0.000000641. The third-order valence-electron chi connectivity index (χ3n) is 5.94. The van der Waals surface area contributed by atoms with E-state index in [0.29, 0.717) is 5.92 Å². The fourth-order valence-corrected chi connectivity index (χ4v) is 5.04. The van der Waals surface area contributed by atoms with Gasteiger partial charge in [-0.2, -0.15) is 0 Å². The molecule has 3 rings (SSSR count). The second-order valence-electron chi connectivity index (χ2n) is 8.95. The zero-order chi connectivity index (χ0) is 25.5. The first kappa shape index (κ1) is 28.4. The summed E-state index contributed by atoms with van der Waals surface area (Å²) in [6.07, 6.45) is 11.2. The number of rotatable bonds is 8. The number of hydrogen-bond acceptors (Lipinski definition) is 3. The maximum Gasteiger partial charge on any atom is 0.258 e. The molecule has 1 N–H and O–H groups in total. The van der Waals surface area contributed by atoms with Crippen LogP contribution in [0.25, 0.3) is 5.57 Å². The molecule has 2 aromatic carbocycles. The molecule has 0 saturated heterocycles. The van der Waals surface area contributed by atoms with Gasteiger partial charge in [0, 0.05) is 19.3 Å². The first-order valence-corrected chi connectivity index (χ1v) is 13.2. The molecule has 1 amide bonds. The molecule has 2 aromatic rings. The summed E-state index contributed by atoms with van der Waals surface area (Å²) in [5.41, 5.74) is 3.48. The van der Waals surface area contributed by atoms with Gasteiger partial charge in [-0.1, -0.05) is 91.5 Å². The van der Waals surface area contributed by atoms with Crippen LogP contribution in [-0.4, -0.2) is 25.2 Å². The lowest BCUT2D eigenvalue weighted by molar-refractivity contribution is -0.117. The van der Waals surface area contributed by atoms with Crippen LogP contribution in [0.15, 0.2) is 94.2 Å². The fraction of sp³-hybridized carbons (Fsp3) is 0.355. The molecule has 3 nitrogen and oxygen atoms in total. The Bertz CT molecular complexity index is 999. The lowest BCUT2D eigenvalue weighted by Gasteiger charge is -2.30. The van der Waals surface area contributed by atoms with Gasteiger partial charge in [0.25, 0.3) is 5.91 Å². The van der Waals surface area contributed by atoms with Gasteiger partial charge in [0.15, 0.2) is 0 Å². The van der Waals surface area contributed by atoms with Gasteiger partial charge in [0.1, 0.15) is 0 Å². The van der Waals surface area contributed by atoms with Crippen LogP contribution in [0.4, 0.5) is 0 Å². The van der Waals surface area contributed by atoms with E-state index in [-0.39, 0.29) is 11.9 Å². The predicted molar refractivity (Wildman–Crippen MR) is 155 cm³/mol. The van der Waals surface area contributed by atoms with E-state index in [1.54, 1.807) is 13.3 Å². The largest absolute Gasteiger partial charge is 0.349 e. The molecule has 1 fully saturated rings. The number of aliphatic imine (C=N–C) groups is 1. The maximum absolute atomic E-state index is 13.2. The van der Waals surface area contributed by atoms with Gasteiger partial charge in [0.05, 0.1) is 4.91 Å². The number of thioether (sulfide) groups is 1. The fourth-order valence-electron chi connectivity index (χ4n) is 4.26. The standard InChI is InChI=1S/C26H31NOS.C5H9N/c1-19(2)29-25(20(3)23-14-8-5-9-15-23)26(28)27-24-16-10-13-22(18-24)17-21-11-6-4-7-12-21;1-3-4-5-6-2/h4-9,11-12,14-15,22,24H,1,10,13,16-18H2,2-3H3,(H,27,28);3-5H,1-2H3/b25-20+;4-3-,6-5?. The van der Waals surface area contributed by atoms with Gasteiger partial charge >= 0.3 is 0 Å². The van der Waals surface area contributed by atoms with Crippen molar-refractivity contribution in [2.75, 3.05) is 7.05 Å². The molecule has 0 aromatic heterocycles. The van der Waals surface area contributed by atoms with Crippen LogP contribution >= 0.6 is 11.8 Å². The highest BCUT2D eigenvalue weighted by Gasteiger charge is 2.25. The topological polar surface area (TPSA) is 41.5 Å². The summed E-state index contributed by atoms with van der Waals surface area (Å²) >= 11 is 1.48. The van der Waals surface area contributed by atoms with Crippen LogP contribution in [0.2, 0.25) is 0 Å². The molecule has 1 aliphatic rings. The van der Waals surface area contributed by atoms with Gasteiger partial charge in [-0.15, -0.1) is 0 Å². The minimum atomic E-state index is 0.0321. The van der Waals surface area contributed by atoms with Crippen LogP contribution in [0, 0.1) is 5.92 Å². The van der Waals surface area contributed by atoms with Crippen molar-refractivity contribution in [2.45, 2.75) is 58.9 Å². The molecule has 2 unspecified atom stereocenters. The number of carbonyl (C=O) groups is 1. The highest BCUT2D eigenvalue weighted by Crippen LogP contribution is 2.33. The normalized spacial score (nSPS) is 18.5. The Kier molecular flexibility index (Phi) is 12.9. The smallest absolute Gasteiger partial charge is 0.258 e. The molecule has 35 heavy (non-hydrogen) atoms. The Morgan fingerprint density at radius 3 is 2.31 bits per heavy atom. The molecule has 2 atom stereocenters. The number of benzene rings is 2. The van der Waals surface area contributed by atoms with E-state index >= 15 is 0 Å². The number of nitrogens with one attached hydrogen (secondary N) is 1.